The molecule has 29 heavy (non-hydrogen) atoms. The molecule has 150 valence electrons. The van der Waals surface area contributed by atoms with Gasteiger partial charge in [0.15, 0.2) is 11.5 Å². The Kier molecular flexibility index (Phi) is 5.50. The zero-order valence-electron chi connectivity index (χ0n) is 15.2. The Hall–Kier alpha value is -3.30. The molecule has 0 spiro atoms. The van der Waals surface area contributed by atoms with Gasteiger partial charge in [-0.05, 0) is 36.4 Å². The topological polar surface area (TPSA) is 110 Å². The van der Waals surface area contributed by atoms with E-state index in [-0.39, 0.29) is 6.54 Å². The Balaban J connectivity index is 1.31. The van der Waals surface area contributed by atoms with Gasteiger partial charge in [0.25, 0.3) is 0 Å². The van der Waals surface area contributed by atoms with Crippen molar-refractivity contribution in [2.75, 3.05) is 18.5 Å². The number of ether oxygens (including phenoxy) is 2. The summed E-state index contributed by atoms with van der Waals surface area (Å²) in [4.78, 5) is 25.7. The second kappa shape index (κ2) is 8.38. The third kappa shape index (κ3) is 4.41. The lowest BCUT2D eigenvalue weighted by atomic mass is 10.2. The van der Waals surface area contributed by atoms with Crippen molar-refractivity contribution in [2.24, 2.45) is 0 Å². The molecule has 1 aliphatic heterocycles. The molecule has 0 bridgehead atoms. The van der Waals surface area contributed by atoms with Crippen LogP contribution in [0, 0.1) is 0 Å². The highest BCUT2D eigenvalue weighted by Gasteiger charge is 2.18. The van der Waals surface area contributed by atoms with Crippen molar-refractivity contribution in [3.63, 3.8) is 0 Å². The number of carbonyl (C=O) groups excluding carboxylic acids is 2. The van der Waals surface area contributed by atoms with E-state index in [2.05, 4.69) is 10.6 Å². The lowest BCUT2D eigenvalue weighted by molar-refractivity contribution is -0.136. The minimum Gasteiger partial charge on any atom is -0.486 e. The van der Waals surface area contributed by atoms with Crippen LogP contribution in [0.1, 0.15) is 21.6 Å². The van der Waals surface area contributed by atoms with Crippen LogP contribution in [0.15, 0.2) is 53.1 Å². The van der Waals surface area contributed by atoms with E-state index in [1.54, 1.807) is 42.5 Å². The molecule has 4 rings (SSSR count). The first-order valence-corrected chi connectivity index (χ1v) is 9.71. The van der Waals surface area contributed by atoms with Gasteiger partial charge in [-0.15, -0.1) is 11.3 Å². The van der Waals surface area contributed by atoms with Crippen LogP contribution in [0.4, 0.5) is 5.69 Å². The fourth-order valence-corrected chi connectivity index (χ4v) is 3.73. The fraction of sp³-hybridized carbons (Fsp3) is 0.200. The van der Waals surface area contributed by atoms with Crippen molar-refractivity contribution in [3.05, 3.63) is 64.2 Å². The molecule has 0 saturated heterocycles. The largest absolute Gasteiger partial charge is 0.486 e. The highest BCUT2D eigenvalue weighted by Crippen LogP contribution is 2.32. The van der Waals surface area contributed by atoms with E-state index in [1.807, 2.05) is 0 Å². The number of benzene rings is 1. The summed E-state index contributed by atoms with van der Waals surface area (Å²) >= 11 is 1.33. The van der Waals surface area contributed by atoms with Crippen LogP contribution in [0.2, 0.25) is 0 Å². The predicted octanol–water partition coefficient (Wildman–Crippen LogP) is 2.45. The predicted molar refractivity (Wildman–Crippen MR) is 105 cm³/mol. The number of anilines is 1. The van der Waals surface area contributed by atoms with Crippen molar-refractivity contribution >= 4 is 28.8 Å². The number of rotatable bonds is 5. The summed E-state index contributed by atoms with van der Waals surface area (Å²) in [5.41, 5.74) is 0.439. The highest BCUT2D eigenvalue weighted by molar-refractivity contribution is 7.12. The molecule has 3 heterocycles. The quantitative estimate of drug-likeness (QED) is 0.553. The normalized spacial score (nSPS) is 13.6. The van der Waals surface area contributed by atoms with Crippen LogP contribution >= 0.6 is 11.3 Å². The van der Waals surface area contributed by atoms with Gasteiger partial charge in [0, 0.05) is 21.5 Å². The van der Waals surface area contributed by atoms with E-state index in [0.29, 0.717) is 41.0 Å². The Labute approximate surface area is 170 Å². The minimum atomic E-state index is -0.863. The third-order valence-corrected chi connectivity index (χ3v) is 5.33. The van der Waals surface area contributed by atoms with E-state index in [4.69, 9.17) is 13.9 Å². The number of amides is 2. The lowest BCUT2D eigenvalue weighted by Crippen LogP contribution is -2.34. The standard InChI is InChI=1S/C20H18N2O6S/c23-18(15-2-1-7-26-15)17-6-4-13(29-17)11-21-19(24)20(25)22-12-3-5-14-16(10-12)28-9-8-27-14/h1-7,10,18,23H,8-9,11H2,(H,21,24)(H,22,25). The van der Waals surface area contributed by atoms with Crippen LogP contribution < -0.4 is 20.1 Å². The summed E-state index contributed by atoms with van der Waals surface area (Å²) in [6.07, 6.45) is 0.631. The van der Waals surface area contributed by atoms with Gasteiger partial charge in [0.1, 0.15) is 25.1 Å². The van der Waals surface area contributed by atoms with Crippen LogP contribution in [0.3, 0.4) is 0 Å². The monoisotopic (exact) mass is 414 g/mol. The second-order valence-electron chi connectivity index (χ2n) is 6.22. The number of thiophene rings is 1. The van der Waals surface area contributed by atoms with E-state index in [0.717, 1.165) is 4.88 Å². The average molecular weight is 414 g/mol. The van der Waals surface area contributed by atoms with Crippen LogP contribution in [-0.4, -0.2) is 30.1 Å². The molecule has 0 fully saturated rings. The van der Waals surface area contributed by atoms with Gasteiger partial charge in [0.2, 0.25) is 0 Å². The molecule has 1 atom stereocenters. The molecule has 3 aromatic rings. The van der Waals surface area contributed by atoms with Crippen LogP contribution in [0.25, 0.3) is 0 Å². The fourth-order valence-electron chi connectivity index (χ4n) is 2.78. The number of fused-ring (bicyclic) bond motifs is 1. The molecule has 2 amide bonds. The van der Waals surface area contributed by atoms with E-state index >= 15 is 0 Å². The summed E-state index contributed by atoms with van der Waals surface area (Å²) < 4.78 is 16.1. The van der Waals surface area contributed by atoms with E-state index < -0.39 is 17.9 Å². The molecular weight excluding hydrogens is 396 g/mol. The number of aliphatic hydroxyl groups is 1. The van der Waals surface area contributed by atoms with Gasteiger partial charge < -0.3 is 29.6 Å². The molecule has 8 nitrogen and oxygen atoms in total. The van der Waals surface area contributed by atoms with Gasteiger partial charge in [-0.1, -0.05) is 0 Å². The first kappa shape index (κ1) is 19.0. The van der Waals surface area contributed by atoms with E-state index in [9.17, 15) is 14.7 Å². The Morgan fingerprint density at radius 2 is 1.90 bits per heavy atom. The molecule has 1 aromatic carbocycles. The Bertz CT molecular complexity index is 1010. The van der Waals surface area contributed by atoms with Gasteiger partial charge in [-0.25, -0.2) is 0 Å². The van der Waals surface area contributed by atoms with Gasteiger partial charge in [-0.3, -0.25) is 9.59 Å². The second-order valence-corrected chi connectivity index (χ2v) is 7.42. The molecule has 0 radical (unpaired) electrons. The maximum absolute atomic E-state index is 12.1. The summed E-state index contributed by atoms with van der Waals surface area (Å²) in [5, 5.41) is 15.4. The van der Waals surface area contributed by atoms with Crippen molar-refractivity contribution in [2.45, 2.75) is 12.6 Å². The van der Waals surface area contributed by atoms with Gasteiger partial charge in [0.05, 0.1) is 12.8 Å². The molecule has 9 heteroatoms. The van der Waals surface area contributed by atoms with Crippen molar-refractivity contribution in [1.82, 2.24) is 5.32 Å². The molecule has 1 unspecified atom stereocenters. The number of nitrogens with one attached hydrogen (secondary N) is 2. The average Bonchev–Trinajstić information content (AvgIpc) is 3.43. The van der Waals surface area contributed by atoms with Crippen molar-refractivity contribution < 1.29 is 28.6 Å². The first-order valence-electron chi connectivity index (χ1n) is 8.89. The summed E-state index contributed by atoms with van der Waals surface area (Å²) in [5.74, 6) is 0.0244. The van der Waals surface area contributed by atoms with Gasteiger partial charge in [-0.2, -0.15) is 0 Å². The highest BCUT2D eigenvalue weighted by atomic mass is 32.1. The maximum Gasteiger partial charge on any atom is 0.313 e. The number of furan rings is 1. The molecule has 2 aromatic heterocycles. The SMILES string of the molecule is O=C(NCc1ccc(C(O)c2ccco2)s1)C(=O)Nc1ccc2c(c1)OCCO2. The van der Waals surface area contributed by atoms with Crippen molar-refractivity contribution in [3.8, 4) is 11.5 Å². The maximum atomic E-state index is 12.1. The number of hydrogen-bond donors (Lipinski definition) is 3. The molecule has 1 aliphatic rings. The smallest absolute Gasteiger partial charge is 0.313 e. The number of hydrogen-bond acceptors (Lipinski definition) is 7. The number of carbonyl (C=O) groups is 2. The third-order valence-electron chi connectivity index (χ3n) is 4.19. The lowest BCUT2D eigenvalue weighted by Gasteiger charge is -2.18. The molecule has 3 N–H and O–H groups in total. The zero-order chi connectivity index (χ0) is 20.2. The number of aliphatic hydroxyl groups excluding tert-OH is 1. The summed E-state index contributed by atoms with van der Waals surface area (Å²) in [6, 6.07) is 11.9. The zero-order valence-corrected chi connectivity index (χ0v) is 16.0. The molecule has 0 aliphatic carbocycles. The Morgan fingerprint density at radius 1 is 1.07 bits per heavy atom. The van der Waals surface area contributed by atoms with Crippen LogP contribution in [0.5, 0.6) is 11.5 Å². The van der Waals surface area contributed by atoms with Crippen molar-refractivity contribution in [1.29, 1.82) is 0 Å². The van der Waals surface area contributed by atoms with Gasteiger partial charge >= 0.3 is 11.8 Å². The molecular formula is C20H18N2O6S. The minimum absolute atomic E-state index is 0.170. The Morgan fingerprint density at radius 3 is 2.69 bits per heavy atom. The first-order chi connectivity index (χ1) is 14.1. The molecule has 0 saturated carbocycles. The van der Waals surface area contributed by atoms with Crippen LogP contribution in [-0.2, 0) is 16.1 Å². The summed E-state index contributed by atoms with van der Waals surface area (Å²) in [6.45, 7) is 1.08. The summed E-state index contributed by atoms with van der Waals surface area (Å²) in [7, 11) is 0. The van der Waals surface area contributed by atoms with E-state index in [1.165, 1.54) is 17.6 Å².